The Balaban J connectivity index is 2.81. The summed E-state index contributed by atoms with van der Waals surface area (Å²) in [6.07, 6.45) is 6.13. The van der Waals surface area contributed by atoms with E-state index in [1.165, 1.54) is 32.1 Å². The Hall–Kier alpha value is -0.0800. The summed E-state index contributed by atoms with van der Waals surface area (Å²) in [5.74, 6) is 0.668. The van der Waals surface area contributed by atoms with Gasteiger partial charge in [0.25, 0.3) is 0 Å². The van der Waals surface area contributed by atoms with Crippen LogP contribution in [0.4, 0.5) is 0 Å². The molecule has 0 spiro atoms. The van der Waals surface area contributed by atoms with E-state index in [4.69, 9.17) is 4.74 Å². The summed E-state index contributed by atoms with van der Waals surface area (Å²) in [7, 11) is 3.97. The second-order valence-corrected chi connectivity index (χ2v) is 6.58. The molecule has 102 valence electrons. The van der Waals surface area contributed by atoms with Crippen LogP contribution < -0.4 is 5.32 Å². The normalized spacial score (nSPS) is 26.5. The van der Waals surface area contributed by atoms with E-state index in [1.807, 2.05) is 7.11 Å². The van der Waals surface area contributed by atoms with Crippen LogP contribution in [0.2, 0.25) is 0 Å². The number of nitrogens with one attached hydrogen (secondary N) is 1. The Morgan fingerprint density at radius 2 is 1.71 bits per heavy atom. The zero-order chi connectivity index (χ0) is 13.1. The number of rotatable bonds is 5. The van der Waals surface area contributed by atoms with Gasteiger partial charge in [-0.05, 0) is 44.1 Å². The molecule has 0 amide bonds. The fourth-order valence-electron chi connectivity index (χ4n) is 3.29. The molecule has 2 nitrogen and oxygen atoms in total. The van der Waals surface area contributed by atoms with E-state index in [1.54, 1.807) is 0 Å². The van der Waals surface area contributed by atoms with Crippen molar-refractivity contribution in [3.63, 3.8) is 0 Å². The van der Waals surface area contributed by atoms with Gasteiger partial charge < -0.3 is 10.1 Å². The SMILES string of the molecule is CCC(C)C(NC)C1(OC)CCC(C)(C)CC1. The van der Waals surface area contributed by atoms with Crippen LogP contribution in [-0.2, 0) is 4.74 Å². The number of methoxy groups -OCH3 is 1. The summed E-state index contributed by atoms with van der Waals surface area (Å²) < 4.78 is 5.99. The lowest BCUT2D eigenvalue weighted by Crippen LogP contribution is -2.56. The molecule has 0 aliphatic heterocycles. The Morgan fingerprint density at radius 3 is 2.06 bits per heavy atom. The minimum atomic E-state index is 0.0553. The second-order valence-electron chi connectivity index (χ2n) is 6.58. The van der Waals surface area contributed by atoms with Crippen LogP contribution in [0.15, 0.2) is 0 Å². The highest BCUT2D eigenvalue weighted by atomic mass is 16.5. The van der Waals surface area contributed by atoms with Gasteiger partial charge in [0.15, 0.2) is 0 Å². The van der Waals surface area contributed by atoms with Gasteiger partial charge in [-0.3, -0.25) is 0 Å². The van der Waals surface area contributed by atoms with E-state index in [9.17, 15) is 0 Å². The predicted octanol–water partition coefficient (Wildman–Crippen LogP) is 3.61. The van der Waals surface area contributed by atoms with Gasteiger partial charge in [-0.15, -0.1) is 0 Å². The van der Waals surface area contributed by atoms with Crippen molar-refractivity contribution in [3.8, 4) is 0 Å². The van der Waals surface area contributed by atoms with Gasteiger partial charge in [0, 0.05) is 13.2 Å². The van der Waals surface area contributed by atoms with E-state index in [-0.39, 0.29) is 5.60 Å². The van der Waals surface area contributed by atoms with Crippen LogP contribution in [0, 0.1) is 11.3 Å². The number of ether oxygens (including phenoxy) is 1. The third-order valence-electron chi connectivity index (χ3n) is 4.95. The van der Waals surface area contributed by atoms with Crippen molar-refractivity contribution >= 4 is 0 Å². The average Bonchev–Trinajstić information content (AvgIpc) is 2.32. The molecule has 0 heterocycles. The number of likely N-dealkylation sites (N-methyl/N-ethyl adjacent to an activating group) is 1. The summed E-state index contributed by atoms with van der Waals surface area (Å²) >= 11 is 0. The van der Waals surface area contributed by atoms with Crippen molar-refractivity contribution in [1.29, 1.82) is 0 Å². The first kappa shape index (κ1) is 15.0. The molecule has 1 fully saturated rings. The first-order valence-electron chi connectivity index (χ1n) is 7.13. The van der Waals surface area contributed by atoms with Gasteiger partial charge in [-0.25, -0.2) is 0 Å². The monoisotopic (exact) mass is 241 g/mol. The molecule has 17 heavy (non-hydrogen) atoms. The van der Waals surface area contributed by atoms with E-state index in [0.717, 1.165) is 0 Å². The topological polar surface area (TPSA) is 21.3 Å². The largest absolute Gasteiger partial charge is 0.377 e. The maximum absolute atomic E-state index is 5.99. The molecule has 0 radical (unpaired) electrons. The minimum Gasteiger partial charge on any atom is -0.377 e. The number of hydrogen-bond donors (Lipinski definition) is 1. The van der Waals surface area contributed by atoms with Crippen molar-refractivity contribution in [2.45, 2.75) is 71.4 Å². The van der Waals surface area contributed by atoms with E-state index >= 15 is 0 Å². The second kappa shape index (κ2) is 5.71. The smallest absolute Gasteiger partial charge is 0.0833 e. The average molecular weight is 241 g/mol. The van der Waals surface area contributed by atoms with Gasteiger partial charge in [0.2, 0.25) is 0 Å². The Bertz CT molecular complexity index is 227. The fourth-order valence-corrected chi connectivity index (χ4v) is 3.29. The Labute approximate surface area is 108 Å². The molecule has 0 aromatic carbocycles. The maximum atomic E-state index is 5.99. The molecule has 1 saturated carbocycles. The molecule has 2 unspecified atom stereocenters. The Morgan fingerprint density at radius 1 is 1.18 bits per heavy atom. The van der Waals surface area contributed by atoms with Crippen molar-refractivity contribution in [3.05, 3.63) is 0 Å². The molecule has 0 bridgehead atoms. The van der Waals surface area contributed by atoms with Gasteiger partial charge >= 0.3 is 0 Å². The van der Waals surface area contributed by atoms with Crippen LogP contribution in [-0.4, -0.2) is 25.8 Å². The molecular formula is C15H31NO. The van der Waals surface area contributed by atoms with Crippen LogP contribution in [0.1, 0.15) is 59.8 Å². The molecule has 1 aliphatic rings. The van der Waals surface area contributed by atoms with E-state index in [2.05, 4.69) is 40.1 Å². The highest BCUT2D eigenvalue weighted by molar-refractivity contribution is 4.99. The predicted molar refractivity (Wildman–Crippen MR) is 74.3 cm³/mol. The summed E-state index contributed by atoms with van der Waals surface area (Å²) in [5, 5.41) is 3.52. The van der Waals surface area contributed by atoms with Gasteiger partial charge in [0.1, 0.15) is 0 Å². The third kappa shape index (κ3) is 3.23. The molecule has 0 saturated heterocycles. The molecule has 2 atom stereocenters. The zero-order valence-corrected chi connectivity index (χ0v) is 12.6. The molecule has 1 N–H and O–H groups in total. The van der Waals surface area contributed by atoms with Crippen LogP contribution in [0.3, 0.4) is 0 Å². The van der Waals surface area contributed by atoms with E-state index < -0.39 is 0 Å². The molecule has 2 heteroatoms. The summed E-state index contributed by atoms with van der Waals surface area (Å²) in [4.78, 5) is 0. The van der Waals surface area contributed by atoms with Gasteiger partial charge in [0.05, 0.1) is 5.60 Å². The first-order valence-corrected chi connectivity index (χ1v) is 7.13. The molecule has 1 rings (SSSR count). The molecule has 0 aromatic rings. The van der Waals surface area contributed by atoms with E-state index in [0.29, 0.717) is 17.4 Å². The summed E-state index contributed by atoms with van der Waals surface area (Å²) in [6.45, 7) is 9.36. The van der Waals surface area contributed by atoms with Crippen LogP contribution in [0.25, 0.3) is 0 Å². The quantitative estimate of drug-likeness (QED) is 0.794. The van der Waals surface area contributed by atoms with Crippen molar-refractivity contribution in [2.75, 3.05) is 14.2 Å². The van der Waals surface area contributed by atoms with Gasteiger partial charge in [-0.2, -0.15) is 0 Å². The van der Waals surface area contributed by atoms with Crippen LogP contribution in [0.5, 0.6) is 0 Å². The zero-order valence-electron chi connectivity index (χ0n) is 12.6. The molecular weight excluding hydrogens is 210 g/mol. The minimum absolute atomic E-state index is 0.0553. The third-order valence-corrected chi connectivity index (χ3v) is 4.95. The standard InChI is InChI=1S/C15H31NO/c1-7-12(2)13(16-5)15(17-6)10-8-14(3,4)9-11-15/h12-13,16H,7-11H2,1-6H3. The summed E-state index contributed by atoms with van der Waals surface area (Å²) in [6, 6.07) is 0.480. The molecule has 0 aromatic heterocycles. The summed E-state index contributed by atoms with van der Waals surface area (Å²) in [5.41, 5.74) is 0.551. The van der Waals surface area contributed by atoms with Crippen molar-refractivity contribution < 1.29 is 4.74 Å². The lowest BCUT2D eigenvalue weighted by molar-refractivity contribution is -0.0960. The molecule has 1 aliphatic carbocycles. The fraction of sp³-hybridized carbons (Fsp3) is 1.00. The lowest BCUT2D eigenvalue weighted by Gasteiger charge is -2.48. The first-order chi connectivity index (χ1) is 7.90. The lowest BCUT2D eigenvalue weighted by atomic mass is 9.66. The van der Waals surface area contributed by atoms with Crippen LogP contribution >= 0.6 is 0 Å². The van der Waals surface area contributed by atoms with Crippen molar-refractivity contribution in [1.82, 2.24) is 5.32 Å². The number of hydrogen-bond acceptors (Lipinski definition) is 2. The van der Waals surface area contributed by atoms with Gasteiger partial charge in [-0.1, -0.05) is 34.1 Å². The Kier molecular flexibility index (Phi) is 5.03. The highest BCUT2D eigenvalue weighted by Crippen LogP contribution is 2.44. The highest BCUT2D eigenvalue weighted by Gasteiger charge is 2.45. The maximum Gasteiger partial charge on any atom is 0.0833 e. The van der Waals surface area contributed by atoms with Crippen molar-refractivity contribution in [2.24, 2.45) is 11.3 Å².